The van der Waals surface area contributed by atoms with Gasteiger partial charge in [-0.15, -0.1) is 0 Å². The topological polar surface area (TPSA) is 112 Å². The maximum Gasteiger partial charge on any atom is 0.214 e. The van der Waals surface area contributed by atoms with Crippen LogP contribution in [-0.4, -0.2) is 93.0 Å². The number of fused-ring (bicyclic) bond motifs is 4. The molecule has 1 saturated heterocycles. The highest BCUT2D eigenvalue weighted by Crippen LogP contribution is 2.49. The van der Waals surface area contributed by atoms with Gasteiger partial charge in [0.25, 0.3) is 0 Å². The van der Waals surface area contributed by atoms with E-state index in [2.05, 4.69) is 32.7 Å². The van der Waals surface area contributed by atoms with Gasteiger partial charge in [0.1, 0.15) is 5.75 Å². The summed E-state index contributed by atoms with van der Waals surface area (Å²) in [4.78, 5) is 4.71. The summed E-state index contributed by atoms with van der Waals surface area (Å²) in [6.07, 6.45) is 7.09. The van der Waals surface area contributed by atoms with Crippen LogP contribution in [0.5, 0.6) is 5.75 Å². The molecule has 7 rings (SSSR count). The summed E-state index contributed by atoms with van der Waals surface area (Å²) in [5, 5.41) is 23.1. The summed E-state index contributed by atoms with van der Waals surface area (Å²) in [5.41, 5.74) is 3.31. The van der Waals surface area contributed by atoms with Crippen LogP contribution in [0.2, 0.25) is 5.02 Å². The first-order valence-electron chi connectivity index (χ1n) is 18.4. The van der Waals surface area contributed by atoms with Crippen LogP contribution in [0.3, 0.4) is 0 Å². The number of halogens is 1. The minimum absolute atomic E-state index is 0.00868. The average Bonchev–Trinajstić information content (AvgIpc) is 3.21. The van der Waals surface area contributed by atoms with Crippen LogP contribution in [0.25, 0.3) is 0 Å². The van der Waals surface area contributed by atoms with E-state index in [1.165, 1.54) is 11.1 Å². The van der Waals surface area contributed by atoms with E-state index in [0.29, 0.717) is 45.8 Å². The molecule has 2 bridgehead atoms. The van der Waals surface area contributed by atoms with E-state index in [9.17, 15) is 18.6 Å². The van der Waals surface area contributed by atoms with Crippen LogP contribution in [-0.2, 0) is 33.1 Å². The third-order valence-electron chi connectivity index (χ3n) is 12.7. The predicted octanol–water partition coefficient (Wildman–Crippen LogP) is 4.89. The van der Waals surface area contributed by atoms with Crippen LogP contribution in [0, 0.1) is 17.8 Å². The van der Waals surface area contributed by atoms with E-state index < -0.39 is 20.9 Å². The number of morpholine rings is 1. The first-order chi connectivity index (χ1) is 23.5. The number of anilines is 1. The zero-order chi connectivity index (χ0) is 34.4. The number of rotatable bonds is 3. The van der Waals surface area contributed by atoms with Gasteiger partial charge in [-0.1, -0.05) is 37.1 Å². The number of benzene rings is 2. The summed E-state index contributed by atoms with van der Waals surface area (Å²) >= 11 is 6.48. The van der Waals surface area contributed by atoms with Crippen molar-refractivity contribution in [1.82, 2.24) is 9.62 Å². The van der Waals surface area contributed by atoms with Crippen LogP contribution in [0.15, 0.2) is 36.4 Å². The van der Waals surface area contributed by atoms with Gasteiger partial charge >= 0.3 is 0 Å². The van der Waals surface area contributed by atoms with Gasteiger partial charge < -0.3 is 24.6 Å². The quantitative estimate of drug-likeness (QED) is 0.412. The molecule has 270 valence electrons. The van der Waals surface area contributed by atoms with Gasteiger partial charge in [-0.2, -0.15) is 0 Å². The van der Waals surface area contributed by atoms with Gasteiger partial charge in [0.15, 0.2) is 0 Å². The lowest BCUT2D eigenvalue weighted by atomic mass is 9.62. The molecule has 0 radical (unpaired) electrons. The number of sulfonamides is 1. The first kappa shape index (κ1) is 35.5. The van der Waals surface area contributed by atoms with Gasteiger partial charge in [-0.25, -0.2) is 13.1 Å². The van der Waals surface area contributed by atoms with E-state index in [1.807, 2.05) is 25.1 Å². The Kier molecular flexibility index (Phi) is 10.3. The molecular weight excluding hydrogens is 662 g/mol. The van der Waals surface area contributed by atoms with Crippen LogP contribution in [0.4, 0.5) is 5.69 Å². The van der Waals surface area contributed by atoms with E-state index >= 15 is 0 Å². The minimum Gasteiger partial charge on any atom is -0.490 e. The molecule has 5 aliphatic rings. The zero-order valence-corrected chi connectivity index (χ0v) is 30.7. The third kappa shape index (κ3) is 7.13. The molecule has 2 aromatic carbocycles. The fraction of sp³-hybridized carbons (Fsp3) is 0.684. The summed E-state index contributed by atoms with van der Waals surface area (Å²) in [6, 6.07) is 12.3. The molecule has 3 heterocycles. The molecule has 3 N–H and O–H groups in total. The second kappa shape index (κ2) is 14.2. The van der Waals surface area contributed by atoms with E-state index in [1.54, 1.807) is 6.92 Å². The van der Waals surface area contributed by atoms with Crippen molar-refractivity contribution < 1.29 is 28.1 Å². The minimum atomic E-state index is -3.58. The highest BCUT2D eigenvalue weighted by Gasteiger charge is 2.50. The molecule has 2 aliphatic carbocycles. The molecule has 1 spiro atoms. The van der Waals surface area contributed by atoms with Gasteiger partial charge in [0, 0.05) is 43.2 Å². The molecule has 1 saturated carbocycles. The largest absolute Gasteiger partial charge is 0.490 e. The summed E-state index contributed by atoms with van der Waals surface area (Å²) in [7, 11) is -3.58. The Morgan fingerprint density at radius 1 is 1.08 bits per heavy atom. The van der Waals surface area contributed by atoms with Crippen molar-refractivity contribution in [3.05, 3.63) is 58.1 Å². The number of nitrogens with zero attached hydrogens (tertiary/aromatic N) is 2. The van der Waals surface area contributed by atoms with Gasteiger partial charge in [0.2, 0.25) is 10.0 Å². The first-order valence-corrected chi connectivity index (χ1v) is 20.4. The average molecular weight is 716 g/mol. The fourth-order valence-electron chi connectivity index (χ4n) is 9.43. The Labute approximate surface area is 297 Å². The molecule has 7 atom stereocenters. The maximum absolute atomic E-state index is 13.5. The molecule has 2 aromatic rings. The van der Waals surface area contributed by atoms with Gasteiger partial charge in [0.05, 0.1) is 49.0 Å². The molecule has 0 amide bonds. The Morgan fingerprint density at radius 2 is 1.94 bits per heavy atom. The second-order valence-electron chi connectivity index (χ2n) is 15.8. The van der Waals surface area contributed by atoms with Crippen molar-refractivity contribution in [2.45, 2.75) is 94.1 Å². The smallest absolute Gasteiger partial charge is 0.214 e. The second-order valence-corrected chi connectivity index (χ2v) is 18.3. The monoisotopic (exact) mass is 715 g/mol. The fourth-order valence-corrected chi connectivity index (χ4v) is 11.0. The lowest BCUT2D eigenvalue weighted by Gasteiger charge is -2.52. The molecule has 0 aromatic heterocycles. The Morgan fingerprint density at radius 3 is 2.73 bits per heavy atom. The number of hydrogen-bond donors (Lipinski definition) is 3. The lowest BCUT2D eigenvalue weighted by Crippen LogP contribution is -2.60. The Hall–Kier alpha value is -1.92. The van der Waals surface area contributed by atoms with Gasteiger partial charge in [-0.3, -0.25) is 4.90 Å². The number of nitrogens with one attached hydrogen (secondary N) is 1. The number of aliphatic hydroxyl groups is 2. The molecule has 2 fully saturated rings. The number of aryl methyl sites for hydroxylation is 1. The van der Waals surface area contributed by atoms with Crippen LogP contribution < -0.4 is 14.4 Å². The van der Waals surface area contributed by atoms with Crippen LogP contribution in [0.1, 0.15) is 75.5 Å². The molecule has 9 nitrogen and oxygen atoms in total. The van der Waals surface area contributed by atoms with Gasteiger partial charge in [-0.05, 0) is 111 Å². The predicted molar refractivity (Wildman–Crippen MR) is 193 cm³/mol. The van der Waals surface area contributed by atoms with Crippen molar-refractivity contribution in [1.29, 1.82) is 0 Å². The molecule has 49 heavy (non-hydrogen) atoms. The van der Waals surface area contributed by atoms with Crippen molar-refractivity contribution in [3.8, 4) is 5.75 Å². The van der Waals surface area contributed by atoms with E-state index in [-0.39, 0.29) is 42.4 Å². The summed E-state index contributed by atoms with van der Waals surface area (Å²) < 4.78 is 42.3. The number of aliphatic hydroxyl groups excluding tert-OH is 1. The zero-order valence-electron chi connectivity index (χ0n) is 29.1. The Bertz CT molecular complexity index is 1610. The van der Waals surface area contributed by atoms with Crippen molar-refractivity contribution in [2.75, 3.05) is 57.5 Å². The highest BCUT2D eigenvalue weighted by atomic mass is 35.5. The number of hydrogen-bond acceptors (Lipinski definition) is 8. The standard InChI is InChI=1S/C38H54ClN3O6S/c1-26-5-3-14-38(44,24-41-15-16-47-22-32(41)21-43)34-10-8-30(34)20-42-23-37(13-4-6-29-18-31(39)9-11-33(29)37)25-48-36-12-7-28(17-35(36)42)19-40-49(45,46)27(26)2/h7,9,11-12,17-18,26-27,30,32,34,40,43-44H,3-6,8,10,13-16,19-25H2,1-2H3/t26-,27+,30-,32+,34+,37-,38+/m0/s1. The molecular formula is C38H54ClN3O6S. The molecule has 11 heteroatoms. The normalized spacial score (nSPS) is 35.4. The SMILES string of the molecule is C[C@@H]1[C@@H](C)CCC[C@@](O)(CN2CCOC[C@H]2CO)[C@@H]2CC[C@H]2CN2C[C@@]3(CCCc4cc(Cl)ccc43)COc3ccc(cc32)CNS1(=O)=O. The molecule has 0 unspecified atom stereocenters. The van der Waals surface area contributed by atoms with E-state index in [0.717, 1.165) is 73.6 Å². The number of ether oxygens (including phenoxy) is 2. The van der Waals surface area contributed by atoms with Crippen molar-refractivity contribution >= 4 is 27.3 Å². The number of β-amino-alcohol motifs (C(OH)–C–C–N with tert-alkyl or cyclic N) is 1. The Balaban J connectivity index is 1.27. The van der Waals surface area contributed by atoms with E-state index in [4.69, 9.17) is 21.1 Å². The summed E-state index contributed by atoms with van der Waals surface area (Å²) in [5.74, 6) is 1.12. The summed E-state index contributed by atoms with van der Waals surface area (Å²) in [6.45, 7) is 8.34. The molecule has 3 aliphatic heterocycles. The van der Waals surface area contributed by atoms with Crippen molar-refractivity contribution in [3.63, 3.8) is 0 Å². The van der Waals surface area contributed by atoms with Crippen LogP contribution >= 0.6 is 11.6 Å². The lowest BCUT2D eigenvalue weighted by molar-refractivity contribution is -0.129. The van der Waals surface area contributed by atoms with Crippen molar-refractivity contribution in [2.24, 2.45) is 17.8 Å². The maximum atomic E-state index is 13.5. The highest BCUT2D eigenvalue weighted by molar-refractivity contribution is 7.90. The third-order valence-corrected chi connectivity index (χ3v) is 15.0.